The zero-order valence-electron chi connectivity index (χ0n) is 13.9. The number of methoxy groups -OCH3 is 1. The Balaban J connectivity index is 2.09. The number of ether oxygens (including phenoxy) is 1. The minimum absolute atomic E-state index is 0.00573. The van der Waals surface area contributed by atoms with E-state index in [0.29, 0.717) is 16.7 Å². The van der Waals surface area contributed by atoms with Crippen molar-refractivity contribution < 1.29 is 9.53 Å². The van der Waals surface area contributed by atoms with E-state index in [9.17, 15) is 4.79 Å². The van der Waals surface area contributed by atoms with E-state index in [1.54, 1.807) is 7.11 Å². The van der Waals surface area contributed by atoms with Crippen molar-refractivity contribution in [3.8, 4) is 17.1 Å². The van der Waals surface area contributed by atoms with Gasteiger partial charge in [-0.1, -0.05) is 30.8 Å². The van der Waals surface area contributed by atoms with Gasteiger partial charge in [0.05, 0.1) is 18.4 Å². The quantitative estimate of drug-likeness (QED) is 0.788. The van der Waals surface area contributed by atoms with Crippen LogP contribution >= 0.6 is 11.8 Å². The van der Waals surface area contributed by atoms with Crippen molar-refractivity contribution in [3.05, 3.63) is 24.3 Å². The first-order valence-electron chi connectivity index (χ1n) is 7.51. The zero-order chi connectivity index (χ0) is 16.8. The average molecular weight is 334 g/mol. The Morgan fingerprint density at radius 2 is 2.13 bits per heavy atom. The van der Waals surface area contributed by atoms with E-state index >= 15 is 0 Å². The summed E-state index contributed by atoms with van der Waals surface area (Å²) in [5.41, 5.74) is 0.876. The predicted molar refractivity (Wildman–Crippen MR) is 91.6 cm³/mol. The lowest BCUT2D eigenvalue weighted by molar-refractivity contribution is -0.119. The molecule has 1 amide bonds. The van der Waals surface area contributed by atoms with Crippen molar-refractivity contribution in [2.75, 3.05) is 12.9 Å². The number of thioether (sulfide) groups is 1. The number of benzene rings is 1. The maximum absolute atomic E-state index is 11.9. The zero-order valence-corrected chi connectivity index (χ0v) is 14.7. The number of carbonyl (C=O) groups excluding carboxylic acids is 1. The van der Waals surface area contributed by atoms with Crippen molar-refractivity contribution in [1.29, 1.82) is 0 Å². The standard InChI is InChI=1S/C16H22N4O2S/c1-5-11(2)17-14(21)10-23-16-19-18-15(20(16)3)12-8-6-7-9-13(12)22-4/h6-9,11H,5,10H2,1-4H3,(H,17,21). The Kier molecular flexibility index (Phi) is 6.04. The summed E-state index contributed by atoms with van der Waals surface area (Å²) in [6.45, 7) is 4.03. The fourth-order valence-corrected chi connectivity index (χ4v) is 2.78. The number of hydrogen-bond donors (Lipinski definition) is 1. The Morgan fingerprint density at radius 3 is 2.83 bits per heavy atom. The fraction of sp³-hybridized carbons (Fsp3) is 0.438. The van der Waals surface area contributed by atoms with Crippen LogP contribution in [-0.4, -0.2) is 39.6 Å². The maximum atomic E-state index is 11.9. The summed E-state index contributed by atoms with van der Waals surface area (Å²) in [6, 6.07) is 7.85. The highest BCUT2D eigenvalue weighted by atomic mass is 32.2. The minimum Gasteiger partial charge on any atom is -0.496 e. The highest BCUT2D eigenvalue weighted by Crippen LogP contribution is 2.29. The molecule has 0 aliphatic rings. The minimum atomic E-state index is 0.00573. The van der Waals surface area contributed by atoms with Crippen LogP contribution in [0.15, 0.2) is 29.4 Å². The van der Waals surface area contributed by atoms with Crippen molar-refractivity contribution in [2.24, 2.45) is 7.05 Å². The van der Waals surface area contributed by atoms with Crippen LogP contribution in [0.4, 0.5) is 0 Å². The lowest BCUT2D eigenvalue weighted by Gasteiger charge is -2.11. The Bertz CT molecular complexity index is 672. The molecule has 0 radical (unpaired) electrons. The highest BCUT2D eigenvalue weighted by molar-refractivity contribution is 7.99. The fourth-order valence-electron chi connectivity index (χ4n) is 2.05. The molecule has 1 heterocycles. The van der Waals surface area contributed by atoms with Crippen LogP contribution < -0.4 is 10.1 Å². The number of rotatable bonds is 7. The van der Waals surface area contributed by atoms with Gasteiger partial charge in [0.25, 0.3) is 0 Å². The summed E-state index contributed by atoms with van der Waals surface area (Å²) in [7, 11) is 3.51. The summed E-state index contributed by atoms with van der Waals surface area (Å²) >= 11 is 1.37. The van der Waals surface area contributed by atoms with E-state index in [2.05, 4.69) is 15.5 Å². The Labute approximate surface area is 140 Å². The molecule has 7 heteroatoms. The van der Waals surface area contributed by atoms with Crippen LogP contribution in [0.1, 0.15) is 20.3 Å². The van der Waals surface area contributed by atoms with E-state index in [4.69, 9.17) is 4.74 Å². The first kappa shape index (κ1) is 17.3. The topological polar surface area (TPSA) is 69.0 Å². The van der Waals surface area contributed by atoms with Crippen molar-refractivity contribution in [3.63, 3.8) is 0 Å². The summed E-state index contributed by atoms with van der Waals surface area (Å²) in [5, 5.41) is 12.0. The molecule has 0 saturated carbocycles. The van der Waals surface area contributed by atoms with Crippen LogP contribution in [0.5, 0.6) is 5.75 Å². The van der Waals surface area contributed by atoms with Gasteiger partial charge in [-0.2, -0.15) is 0 Å². The number of nitrogens with one attached hydrogen (secondary N) is 1. The van der Waals surface area contributed by atoms with Crippen molar-refractivity contribution >= 4 is 17.7 Å². The molecule has 1 aromatic carbocycles. The average Bonchev–Trinajstić information content (AvgIpc) is 2.93. The molecule has 1 unspecified atom stereocenters. The van der Waals surface area contributed by atoms with Gasteiger partial charge in [0.2, 0.25) is 5.91 Å². The van der Waals surface area contributed by atoms with E-state index in [-0.39, 0.29) is 11.9 Å². The van der Waals surface area contributed by atoms with Crippen molar-refractivity contribution in [2.45, 2.75) is 31.5 Å². The first-order valence-corrected chi connectivity index (χ1v) is 8.50. The number of amides is 1. The lowest BCUT2D eigenvalue weighted by atomic mass is 10.2. The van der Waals surface area contributed by atoms with Gasteiger partial charge >= 0.3 is 0 Å². The molecule has 6 nitrogen and oxygen atoms in total. The molecule has 0 aliphatic carbocycles. The molecule has 0 fully saturated rings. The van der Waals surface area contributed by atoms with Crippen LogP contribution in [0.3, 0.4) is 0 Å². The monoisotopic (exact) mass is 334 g/mol. The predicted octanol–water partition coefficient (Wildman–Crippen LogP) is 2.50. The van der Waals surface area contributed by atoms with Crippen LogP contribution in [-0.2, 0) is 11.8 Å². The second-order valence-corrected chi connectivity index (χ2v) is 6.17. The van der Waals surface area contributed by atoms with Gasteiger partial charge in [0.15, 0.2) is 11.0 Å². The number of nitrogens with zero attached hydrogens (tertiary/aromatic N) is 3. The van der Waals surface area contributed by atoms with Gasteiger partial charge in [-0.25, -0.2) is 0 Å². The molecule has 1 atom stereocenters. The second-order valence-electron chi connectivity index (χ2n) is 5.23. The molecule has 0 saturated heterocycles. The number of aromatic nitrogens is 3. The summed E-state index contributed by atoms with van der Waals surface area (Å²) in [6.07, 6.45) is 0.915. The molecule has 1 N–H and O–H groups in total. The van der Waals surface area contributed by atoms with Gasteiger partial charge in [0.1, 0.15) is 5.75 Å². The summed E-state index contributed by atoms with van der Waals surface area (Å²) in [5.74, 6) is 1.79. The molecule has 0 bridgehead atoms. The largest absolute Gasteiger partial charge is 0.496 e. The van der Waals surface area contributed by atoms with Gasteiger partial charge < -0.3 is 14.6 Å². The smallest absolute Gasteiger partial charge is 0.230 e. The number of para-hydroxylation sites is 1. The van der Waals surface area contributed by atoms with Gasteiger partial charge in [-0.3, -0.25) is 4.79 Å². The number of hydrogen-bond acceptors (Lipinski definition) is 5. The van der Waals surface area contributed by atoms with Gasteiger partial charge in [-0.05, 0) is 25.5 Å². The normalized spacial score (nSPS) is 12.0. The summed E-state index contributed by atoms with van der Waals surface area (Å²) in [4.78, 5) is 11.9. The molecule has 2 aromatic rings. The van der Waals surface area contributed by atoms with Crippen LogP contribution in [0.2, 0.25) is 0 Å². The Hall–Kier alpha value is -2.02. The van der Waals surface area contributed by atoms with Crippen LogP contribution in [0, 0.1) is 0 Å². The summed E-state index contributed by atoms with van der Waals surface area (Å²) < 4.78 is 7.24. The molecule has 0 aliphatic heterocycles. The van der Waals surface area contributed by atoms with E-state index in [0.717, 1.165) is 17.7 Å². The molecule has 2 rings (SSSR count). The van der Waals surface area contributed by atoms with E-state index < -0.39 is 0 Å². The van der Waals surface area contributed by atoms with E-state index in [1.807, 2.05) is 49.7 Å². The second kappa shape index (κ2) is 8.01. The third kappa shape index (κ3) is 4.25. The van der Waals surface area contributed by atoms with Gasteiger partial charge in [-0.15, -0.1) is 10.2 Å². The first-order chi connectivity index (χ1) is 11.1. The SMILES string of the molecule is CCC(C)NC(=O)CSc1nnc(-c2ccccc2OC)n1C. The third-order valence-corrected chi connectivity index (χ3v) is 4.56. The molecule has 1 aromatic heterocycles. The molecular weight excluding hydrogens is 312 g/mol. The molecular formula is C16H22N4O2S. The van der Waals surface area contributed by atoms with E-state index in [1.165, 1.54) is 11.8 Å². The molecule has 23 heavy (non-hydrogen) atoms. The highest BCUT2D eigenvalue weighted by Gasteiger charge is 2.16. The molecule has 0 spiro atoms. The molecule has 124 valence electrons. The number of carbonyl (C=O) groups is 1. The maximum Gasteiger partial charge on any atom is 0.230 e. The lowest BCUT2D eigenvalue weighted by Crippen LogP contribution is -2.33. The Morgan fingerprint density at radius 1 is 1.39 bits per heavy atom. The van der Waals surface area contributed by atoms with Crippen LogP contribution in [0.25, 0.3) is 11.4 Å². The van der Waals surface area contributed by atoms with Gasteiger partial charge in [0, 0.05) is 13.1 Å². The van der Waals surface area contributed by atoms with Crippen molar-refractivity contribution in [1.82, 2.24) is 20.1 Å². The third-order valence-electron chi connectivity index (χ3n) is 3.53.